The molecule has 0 amide bonds. The number of thiophene rings is 1. The van der Waals surface area contributed by atoms with E-state index < -0.39 is 5.97 Å². The highest BCUT2D eigenvalue weighted by Crippen LogP contribution is 2.34. The van der Waals surface area contributed by atoms with Crippen LogP contribution in [-0.2, 0) is 12.8 Å². The highest BCUT2D eigenvalue weighted by Gasteiger charge is 2.19. The van der Waals surface area contributed by atoms with Gasteiger partial charge in [-0.15, -0.1) is 11.3 Å². The van der Waals surface area contributed by atoms with Gasteiger partial charge in [-0.25, -0.2) is 4.79 Å². The van der Waals surface area contributed by atoms with Gasteiger partial charge in [-0.1, -0.05) is 0 Å². The van der Waals surface area contributed by atoms with E-state index in [4.69, 9.17) is 9.63 Å². The molecule has 3 rings (SSSR count). The molecule has 2 heterocycles. The number of rotatable bonds is 2. The summed E-state index contributed by atoms with van der Waals surface area (Å²) in [6.07, 6.45) is 4.62. The van der Waals surface area contributed by atoms with E-state index in [0.29, 0.717) is 5.89 Å². The smallest absolute Gasteiger partial charge is 0.377 e. The zero-order valence-corrected chi connectivity index (χ0v) is 9.79. The molecule has 0 unspecified atom stereocenters. The average molecular weight is 250 g/mol. The Balaban J connectivity index is 1.97. The van der Waals surface area contributed by atoms with Gasteiger partial charge >= 0.3 is 5.97 Å². The molecule has 1 aliphatic carbocycles. The maximum atomic E-state index is 10.7. The van der Waals surface area contributed by atoms with Crippen LogP contribution in [0.3, 0.4) is 0 Å². The van der Waals surface area contributed by atoms with Crippen molar-refractivity contribution in [3.63, 3.8) is 0 Å². The Hall–Kier alpha value is -1.69. The monoisotopic (exact) mass is 250 g/mol. The number of carbonyl (C=O) groups is 1. The summed E-state index contributed by atoms with van der Waals surface area (Å²) in [4.78, 5) is 16.7. The van der Waals surface area contributed by atoms with Crippen LogP contribution in [0.4, 0.5) is 0 Å². The number of hydrogen-bond donors (Lipinski definition) is 1. The standard InChI is InChI=1S/C11H10N2O3S/c14-11(15)9-12-10(16-13-9)8-5-6-3-1-2-4-7(6)17-8/h5H,1-4H2,(H,14,15). The molecule has 0 saturated carbocycles. The zero-order chi connectivity index (χ0) is 11.8. The molecule has 88 valence electrons. The number of carboxylic acids is 1. The maximum absolute atomic E-state index is 10.7. The van der Waals surface area contributed by atoms with Crippen LogP contribution in [0.5, 0.6) is 0 Å². The largest absolute Gasteiger partial charge is 0.475 e. The van der Waals surface area contributed by atoms with E-state index in [1.165, 1.54) is 23.3 Å². The Morgan fingerprint density at radius 1 is 1.41 bits per heavy atom. The first kappa shape index (κ1) is 10.5. The van der Waals surface area contributed by atoms with Crippen molar-refractivity contribution in [3.8, 4) is 10.8 Å². The van der Waals surface area contributed by atoms with Gasteiger partial charge in [-0.3, -0.25) is 0 Å². The number of hydrogen-bond acceptors (Lipinski definition) is 5. The number of aromatic nitrogens is 2. The Labute approximate surface area is 101 Å². The minimum atomic E-state index is -1.17. The predicted octanol–water partition coefficient (Wildman–Crippen LogP) is 2.38. The predicted molar refractivity (Wildman–Crippen MR) is 61.2 cm³/mol. The molecule has 0 aromatic carbocycles. The van der Waals surface area contributed by atoms with Gasteiger partial charge in [-0.2, -0.15) is 4.98 Å². The lowest BCUT2D eigenvalue weighted by Gasteiger charge is -2.08. The fourth-order valence-corrected chi connectivity index (χ4v) is 3.18. The summed E-state index contributed by atoms with van der Waals surface area (Å²) in [6.45, 7) is 0. The molecule has 2 aromatic heterocycles. The van der Waals surface area contributed by atoms with E-state index in [2.05, 4.69) is 10.1 Å². The van der Waals surface area contributed by atoms with Crippen LogP contribution < -0.4 is 0 Å². The van der Waals surface area contributed by atoms with Crippen LogP contribution in [0.25, 0.3) is 10.8 Å². The van der Waals surface area contributed by atoms with Gasteiger partial charge in [0.25, 0.3) is 11.7 Å². The Bertz CT molecular complexity index is 550. The molecule has 0 spiro atoms. The van der Waals surface area contributed by atoms with E-state index in [9.17, 15) is 4.79 Å². The summed E-state index contributed by atoms with van der Waals surface area (Å²) in [5.41, 5.74) is 1.34. The molecule has 1 N–H and O–H groups in total. The van der Waals surface area contributed by atoms with E-state index in [0.717, 1.165) is 17.7 Å². The highest BCUT2D eigenvalue weighted by atomic mass is 32.1. The van der Waals surface area contributed by atoms with Gasteiger partial charge in [0.05, 0.1) is 4.88 Å². The van der Waals surface area contributed by atoms with E-state index in [1.807, 2.05) is 6.07 Å². The first-order chi connectivity index (χ1) is 8.24. The molecule has 5 nitrogen and oxygen atoms in total. The van der Waals surface area contributed by atoms with Crippen molar-refractivity contribution in [2.45, 2.75) is 25.7 Å². The summed E-state index contributed by atoms with van der Waals surface area (Å²) in [6, 6.07) is 2.04. The van der Waals surface area contributed by atoms with Gasteiger partial charge < -0.3 is 9.63 Å². The van der Waals surface area contributed by atoms with E-state index in [1.54, 1.807) is 11.3 Å². The number of carboxylic acid groups (broad SMARTS) is 1. The fraction of sp³-hybridized carbons (Fsp3) is 0.364. The second-order valence-corrected chi connectivity index (χ2v) is 5.13. The molecule has 0 aliphatic heterocycles. The SMILES string of the molecule is O=C(O)c1noc(-c2cc3c(s2)CCCC3)n1. The Kier molecular flexibility index (Phi) is 2.44. The summed E-state index contributed by atoms with van der Waals surface area (Å²) < 4.78 is 4.96. The van der Waals surface area contributed by atoms with Crippen LogP contribution in [-0.4, -0.2) is 21.2 Å². The first-order valence-corrected chi connectivity index (χ1v) is 6.24. The molecule has 2 aromatic rings. The highest BCUT2D eigenvalue weighted by molar-refractivity contribution is 7.15. The lowest BCUT2D eigenvalue weighted by Crippen LogP contribution is -1.98. The topological polar surface area (TPSA) is 76.2 Å². The fourth-order valence-electron chi connectivity index (χ4n) is 2.01. The molecule has 17 heavy (non-hydrogen) atoms. The van der Waals surface area contributed by atoms with Crippen LogP contribution in [0.2, 0.25) is 0 Å². The van der Waals surface area contributed by atoms with Crippen LogP contribution in [0.1, 0.15) is 33.9 Å². The Morgan fingerprint density at radius 3 is 2.94 bits per heavy atom. The summed E-state index contributed by atoms with van der Waals surface area (Å²) in [5.74, 6) is -1.14. The van der Waals surface area contributed by atoms with Crippen LogP contribution >= 0.6 is 11.3 Å². The number of aromatic carboxylic acids is 1. The molecule has 6 heteroatoms. The van der Waals surface area contributed by atoms with Gasteiger partial charge in [0, 0.05) is 4.88 Å². The second kappa shape index (κ2) is 3.96. The van der Waals surface area contributed by atoms with Crippen molar-refractivity contribution in [2.75, 3.05) is 0 Å². The van der Waals surface area contributed by atoms with Crippen molar-refractivity contribution >= 4 is 17.3 Å². The van der Waals surface area contributed by atoms with Gasteiger partial charge in [0.15, 0.2) is 0 Å². The van der Waals surface area contributed by atoms with Gasteiger partial charge in [-0.05, 0) is 42.5 Å². The molecule has 1 aliphatic rings. The summed E-state index contributed by atoms with van der Waals surface area (Å²) >= 11 is 1.62. The molecule has 0 bridgehead atoms. The van der Waals surface area contributed by atoms with Gasteiger partial charge in [0.1, 0.15) is 0 Å². The molecule has 0 atom stereocenters. The van der Waals surface area contributed by atoms with Crippen molar-refractivity contribution < 1.29 is 14.4 Å². The third-order valence-corrected chi connectivity index (χ3v) is 4.05. The number of fused-ring (bicyclic) bond motifs is 1. The average Bonchev–Trinajstić information content (AvgIpc) is 2.95. The Morgan fingerprint density at radius 2 is 2.24 bits per heavy atom. The summed E-state index contributed by atoms with van der Waals surface area (Å²) in [5, 5.41) is 12.1. The first-order valence-electron chi connectivity index (χ1n) is 5.43. The molecule has 0 saturated heterocycles. The normalized spacial score (nSPS) is 14.6. The van der Waals surface area contributed by atoms with Gasteiger partial charge in [0.2, 0.25) is 0 Å². The lowest BCUT2D eigenvalue weighted by atomic mass is 9.99. The van der Waals surface area contributed by atoms with Crippen molar-refractivity contribution in [3.05, 3.63) is 22.3 Å². The van der Waals surface area contributed by atoms with E-state index in [-0.39, 0.29) is 5.82 Å². The lowest BCUT2D eigenvalue weighted by molar-refractivity contribution is 0.0680. The maximum Gasteiger partial charge on any atom is 0.377 e. The van der Waals surface area contributed by atoms with Crippen LogP contribution in [0, 0.1) is 0 Å². The van der Waals surface area contributed by atoms with Crippen molar-refractivity contribution in [1.29, 1.82) is 0 Å². The minimum Gasteiger partial charge on any atom is -0.475 e. The molecular weight excluding hydrogens is 240 g/mol. The number of aryl methyl sites for hydroxylation is 2. The minimum absolute atomic E-state index is 0.286. The molecule has 0 radical (unpaired) electrons. The third-order valence-electron chi connectivity index (χ3n) is 2.82. The summed E-state index contributed by atoms with van der Waals surface area (Å²) in [7, 11) is 0. The second-order valence-electron chi connectivity index (χ2n) is 3.99. The van der Waals surface area contributed by atoms with Crippen molar-refractivity contribution in [1.82, 2.24) is 10.1 Å². The van der Waals surface area contributed by atoms with E-state index >= 15 is 0 Å². The van der Waals surface area contributed by atoms with Crippen molar-refractivity contribution in [2.24, 2.45) is 0 Å². The number of nitrogens with zero attached hydrogens (tertiary/aromatic N) is 2. The molecule has 0 fully saturated rings. The third kappa shape index (κ3) is 1.84. The molecular formula is C11H10N2O3S. The van der Waals surface area contributed by atoms with Crippen LogP contribution in [0.15, 0.2) is 10.6 Å². The quantitative estimate of drug-likeness (QED) is 0.885. The zero-order valence-electron chi connectivity index (χ0n) is 8.97.